The third-order valence-corrected chi connectivity index (χ3v) is 4.92. The quantitative estimate of drug-likeness (QED) is 0.437. The molecule has 0 saturated heterocycles. The number of nitro groups is 1. The molecule has 0 saturated carbocycles. The van der Waals surface area contributed by atoms with E-state index in [1.54, 1.807) is 6.92 Å². The number of benzene rings is 2. The fourth-order valence-electron chi connectivity index (χ4n) is 2.70. The van der Waals surface area contributed by atoms with Crippen LogP contribution in [0.5, 0.6) is 11.5 Å². The summed E-state index contributed by atoms with van der Waals surface area (Å²) in [5.41, 5.74) is 0.639. The lowest BCUT2D eigenvalue weighted by Crippen LogP contribution is -2.48. The summed E-state index contributed by atoms with van der Waals surface area (Å²) in [6.45, 7) is 1.50. The third kappa shape index (κ3) is 5.93. The molecule has 1 atom stereocenters. The van der Waals surface area contributed by atoms with E-state index in [0.717, 1.165) is 10.0 Å². The molecule has 0 bridgehead atoms. The van der Waals surface area contributed by atoms with Crippen molar-refractivity contribution in [3.05, 3.63) is 62.6 Å². The van der Waals surface area contributed by atoms with E-state index in [1.165, 1.54) is 37.3 Å². The Morgan fingerprint density at radius 2 is 1.90 bits per heavy atom. The molecule has 0 aromatic heterocycles. The minimum Gasteiger partial charge on any atom is -0.490 e. The number of amides is 2. The van der Waals surface area contributed by atoms with Crippen LogP contribution in [0.2, 0.25) is 0 Å². The van der Waals surface area contributed by atoms with Crippen molar-refractivity contribution in [2.75, 3.05) is 20.8 Å². The average molecular weight is 480 g/mol. The van der Waals surface area contributed by atoms with Gasteiger partial charge in [0.1, 0.15) is 11.8 Å². The Kier molecular flexibility index (Phi) is 8.16. The van der Waals surface area contributed by atoms with Crippen molar-refractivity contribution in [3.8, 4) is 11.5 Å². The van der Waals surface area contributed by atoms with Gasteiger partial charge in [-0.2, -0.15) is 0 Å². The van der Waals surface area contributed by atoms with Crippen LogP contribution in [-0.4, -0.2) is 48.4 Å². The van der Waals surface area contributed by atoms with E-state index in [-0.39, 0.29) is 36.2 Å². The second-order valence-electron chi connectivity index (χ2n) is 6.32. The van der Waals surface area contributed by atoms with Gasteiger partial charge in [0.2, 0.25) is 11.7 Å². The molecule has 1 N–H and O–H groups in total. The number of carbonyl (C=O) groups is 2. The van der Waals surface area contributed by atoms with Gasteiger partial charge in [0.15, 0.2) is 6.61 Å². The highest BCUT2D eigenvalue weighted by Crippen LogP contribution is 2.30. The van der Waals surface area contributed by atoms with Crippen LogP contribution in [0.15, 0.2) is 46.9 Å². The fraction of sp³-hybridized carbons (Fsp3) is 0.300. The second-order valence-corrected chi connectivity index (χ2v) is 7.23. The molecule has 0 radical (unpaired) electrons. The van der Waals surface area contributed by atoms with E-state index in [9.17, 15) is 19.7 Å². The standard InChI is InChI=1S/C20H22BrN3O6/c1-13(20(26)22-2)23(11-14-4-6-15(21)7-5-14)19(25)12-30-16-8-9-17(24(27)28)18(10-16)29-3/h4-10,13H,11-12H2,1-3H3,(H,22,26)/t13-/m1/s1. The van der Waals surface area contributed by atoms with Crippen LogP contribution in [0.1, 0.15) is 12.5 Å². The molecule has 2 rings (SSSR count). The van der Waals surface area contributed by atoms with Crippen molar-refractivity contribution < 1.29 is 24.0 Å². The lowest BCUT2D eigenvalue weighted by atomic mass is 10.1. The van der Waals surface area contributed by atoms with E-state index in [2.05, 4.69) is 21.2 Å². The number of rotatable bonds is 9. The Morgan fingerprint density at radius 1 is 1.23 bits per heavy atom. The van der Waals surface area contributed by atoms with Gasteiger partial charge in [0.25, 0.3) is 5.91 Å². The third-order valence-electron chi connectivity index (χ3n) is 4.39. The molecule has 10 heteroatoms. The number of likely N-dealkylation sites (N-methyl/N-ethyl adjacent to an activating group) is 1. The molecular formula is C20H22BrN3O6. The van der Waals surface area contributed by atoms with Crippen LogP contribution in [0.25, 0.3) is 0 Å². The molecule has 0 aliphatic carbocycles. The molecule has 0 unspecified atom stereocenters. The van der Waals surface area contributed by atoms with Gasteiger partial charge in [-0.1, -0.05) is 28.1 Å². The number of nitro benzene ring substituents is 1. The molecule has 0 aliphatic heterocycles. The number of halogens is 1. The summed E-state index contributed by atoms with van der Waals surface area (Å²) in [5, 5.41) is 13.5. The second kappa shape index (κ2) is 10.6. The first kappa shape index (κ1) is 23.1. The van der Waals surface area contributed by atoms with Crippen molar-refractivity contribution in [2.24, 2.45) is 0 Å². The van der Waals surface area contributed by atoms with Gasteiger partial charge in [-0.25, -0.2) is 0 Å². The predicted octanol–water partition coefficient (Wildman–Crippen LogP) is 2.91. The monoisotopic (exact) mass is 479 g/mol. The van der Waals surface area contributed by atoms with E-state index in [4.69, 9.17) is 9.47 Å². The largest absolute Gasteiger partial charge is 0.490 e. The van der Waals surface area contributed by atoms with Gasteiger partial charge < -0.3 is 19.7 Å². The number of ether oxygens (including phenoxy) is 2. The molecule has 0 aliphatic rings. The fourth-order valence-corrected chi connectivity index (χ4v) is 2.97. The first-order valence-electron chi connectivity index (χ1n) is 8.97. The molecule has 2 amide bonds. The van der Waals surface area contributed by atoms with Crippen molar-refractivity contribution in [1.29, 1.82) is 0 Å². The Labute approximate surface area is 182 Å². The van der Waals surface area contributed by atoms with Gasteiger partial charge in [0, 0.05) is 30.2 Å². The summed E-state index contributed by atoms with van der Waals surface area (Å²) in [6.07, 6.45) is 0. The number of carbonyl (C=O) groups excluding carboxylic acids is 2. The van der Waals surface area contributed by atoms with Gasteiger partial charge in [-0.3, -0.25) is 19.7 Å². The Morgan fingerprint density at radius 3 is 2.47 bits per heavy atom. The van der Waals surface area contributed by atoms with Crippen molar-refractivity contribution in [2.45, 2.75) is 19.5 Å². The van der Waals surface area contributed by atoms with E-state index in [1.807, 2.05) is 24.3 Å². The van der Waals surface area contributed by atoms with Crippen LogP contribution >= 0.6 is 15.9 Å². The highest BCUT2D eigenvalue weighted by atomic mass is 79.9. The van der Waals surface area contributed by atoms with Gasteiger partial charge in [0.05, 0.1) is 12.0 Å². The van der Waals surface area contributed by atoms with Crippen LogP contribution < -0.4 is 14.8 Å². The summed E-state index contributed by atoms with van der Waals surface area (Å²) in [7, 11) is 2.81. The first-order chi connectivity index (χ1) is 14.3. The summed E-state index contributed by atoms with van der Waals surface area (Å²) in [4.78, 5) is 36.8. The highest BCUT2D eigenvalue weighted by molar-refractivity contribution is 9.10. The van der Waals surface area contributed by atoms with Gasteiger partial charge in [-0.05, 0) is 30.7 Å². The number of hydrogen-bond donors (Lipinski definition) is 1. The lowest BCUT2D eigenvalue weighted by Gasteiger charge is -2.28. The molecule has 160 valence electrons. The topological polar surface area (TPSA) is 111 Å². The Bertz CT molecular complexity index is 919. The minimum absolute atomic E-state index is 0.0235. The minimum atomic E-state index is -0.721. The molecule has 0 heterocycles. The van der Waals surface area contributed by atoms with E-state index >= 15 is 0 Å². The maximum atomic E-state index is 12.9. The van der Waals surface area contributed by atoms with E-state index < -0.39 is 16.9 Å². The zero-order chi connectivity index (χ0) is 22.3. The zero-order valence-electron chi connectivity index (χ0n) is 16.8. The first-order valence-corrected chi connectivity index (χ1v) is 9.76. The molecule has 9 nitrogen and oxygen atoms in total. The summed E-state index contributed by atoms with van der Waals surface area (Å²) < 4.78 is 11.4. The molecule has 0 spiro atoms. The number of methoxy groups -OCH3 is 1. The van der Waals surface area contributed by atoms with Crippen LogP contribution in [-0.2, 0) is 16.1 Å². The van der Waals surface area contributed by atoms with Crippen LogP contribution in [0, 0.1) is 10.1 Å². The van der Waals surface area contributed by atoms with Gasteiger partial charge in [-0.15, -0.1) is 0 Å². The molecule has 2 aromatic rings. The van der Waals surface area contributed by atoms with Gasteiger partial charge >= 0.3 is 5.69 Å². The SMILES string of the molecule is CNC(=O)[C@@H](C)N(Cc1ccc(Br)cc1)C(=O)COc1ccc([N+](=O)[O-])c(OC)c1. The normalized spacial score (nSPS) is 11.3. The summed E-state index contributed by atoms with van der Waals surface area (Å²) >= 11 is 3.36. The number of nitrogens with one attached hydrogen (secondary N) is 1. The Hall–Kier alpha value is -3.14. The summed E-state index contributed by atoms with van der Waals surface area (Å²) in [5.74, 6) is -0.457. The summed E-state index contributed by atoms with van der Waals surface area (Å²) in [6, 6.07) is 10.6. The smallest absolute Gasteiger partial charge is 0.311 e. The highest BCUT2D eigenvalue weighted by Gasteiger charge is 2.26. The Balaban J connectivity index is 2.16. The van der Waals surface area contributed by atoms with E-state index in [0.29, 0.717) is 0 Å². The number of hydrogen-bond acceptors (Lipinski definition) is 6. The number of nitrogens with zero attached hydrogens (tertiary/aromatic N) is 2. The maximum Gasteiger partial charge on any atom is 0.311 e. The average Bonchev–Trinajstić information content (AvgIpc) is 2.75. The molecular weight excluding hydrogens is 458 g/mol. The van der Waals surface area contributed by atoms with Crippen LogP contribution in [0.4, 0.5) is 5.69 Å². The molecule has 30 heavy (non-hydrogen) atoms. The maximum absolute atomic E-state index is 12.9. The molecule has 0 fully saturated rings. The zero-order valence-corrected chi connectivity index (χ0v) is 18.3. The van der Waals surface area contributed by atoms with Crippen molar-refractivity contribution in [3.63, 3.8) is 0 Å². The lowest BCUT2D eigenvalue weighted by molar-refractivity contribution is -0.385. The molecule has 2 aromatic carbocycles. The predicted molar refractivity (Wildman–Crippen MR) is 113 cm³/mol. The van der Waals surface area contributed by atoms with Crippen molar-refractivity contribution in [1.82, 2.24) is 10.2 Å². The van der Waals surface area contributed by atoms with Crippen molar-refractivity contribution >= 4 is 33.4 Å². The van der Waals surface area contributed by atoms with Crippen LogP contribution in [0.3, 0.4) is 0 Å².